The first-order valence-corrected chi connectivity index (χ1v) is 9.14. The number of aryl methyl sites for hydroxylation is 1. The minimum atomic E-state index is 0.203. The lowest BCUT2D eigenvalue weighted by Gasteiger charge is -2.31. The third kappa shape index (κ3) is 3.77. The van der Waals surface area contributed by atoms with Crippen LogP contribution in [0.3, 0.4) is 0 Å². The molecule has 0 unspecified atom stereocenters. The van der Waals surface area contributed by atoms with Gasteiger partial charge < -0.3 is 14.6 Å². The first-order valence-electron chi connectivity index (χ1n) is 9.14. The summed E-state index contributed by atoms with van der Waals surface area (Å²) in [6, 6.07) is 0.395. The number of fused-ring (bicyclic) bond motifs is 1. The monoisotopic (exact) mass is 346 g/mol. The molecule has 138 valence electrons. The molecule has 3 rings (SSSR count). The van der Waals surface area contributed by atoms with E-state index in [0.29, 0.717) is 12.6 Å². The van der Waals surface area contributed by atoms with Crippen LogP contribution in [0.1, 0.15) is 39.9 Å². The second-order valence-electron chi connectivity index (χ2n) is 7.66. The van der Waals surface area contributed by atoms with Crippen molar-refractivity contribution in [2.75, 3.05) is 32.1 Å². The van der Waals surface area contributed by atoms with E-state index in [1.807, 2.05) is 0 Å². The third-order valence-corrected chi connectivity index (χ3v) is 4.93. The van der Waals surface area contributed by atoms with Crippen LogP contribution >= 0.6 is 0 Å². The topological polar surface area (TPSA) is 68.1 Å². The molecule has 25 heavy (non-hydrogen) atoms. The largest absolute Gasteiger partial charge is 0.384 e. The minimum absolute atomic E-state index is 0.203. The van der Waals surface area contributed by atoms with Crippen LogP contribution in [0.5, 0.6) is 0 Å². The van der Waals surface area contributed by atoms with Crippen molar-refractivity contribution >= 4 is 17.0 Å². The molecule has 7 heteroatoms. The van der Waals surface area contributed by atoms with Crippen LogP contribution in [0.2, 0.25) is 0 Å². The summed E-state index contributed by atoms with van der Waals surface area (Å²) in [6.45, 7) is 12.6. The molecule has 1 aliphatic heterocycles. The highest BCUT2D eigenvalue weighted by molar-refractivity contribution is 5.83. The second kappa shape index (κ2) is 7.25. The average Bonchev–Trinajstić information content (AvgIpc) is 3.17. The van der Waals surface area contributed by atoms with Gasteiger partial charge in [0.1, 0.15) is 12.2 Å². The lowest BCUT2D eigenvalue weighted by Crippen LogP contribution is -2.40. The van der Waals surface area contributed by atoms with Crippen molar-refractivity contribution in [3.8, 4) is 0 Å². The molecule has 2 aromatic rings. The zero-order valence-corrected chi connectivity index (χ0v) is 16.0. The normalized spacial score (nSPS) is 19.0. The predicted octanol–water partition coefficient (Wildman–Crippen LogP) is 2.32. The van der Waals surface area contributed by atoms with Crippen molar-refractivity contribution in [3.05, 3.63) is 12.2 Å². The molecule has 0 bridgehead atoms. The Kier molecular flexibility index (Phi) is 5.24. The van der Waals surface area contributed by atoms with Gasteiger partial charge in [-0.15, -0.1) is 0 Å². The Morgan fingerprint density at radius 2 is 2.12 bits per heavy atom. The highest BCUT2D eigenvalue weighted by Crippen LogP contribution is 2.25. The van der Waals surface area contributed by atoms with Crippen LogP contribution in [0, 0.1) is 0 Å². The Hall–Kier alpha value is -1.73. The number of nitrogens with one attached hydrogen (secondary N) is 1. The van der Waals surface area contributed by atoms with E-state index < -0.39 is 0 Å². The number of ether oxygens (including phenoxy) is 1. The Bertz CT molecular complexity index is 720. The van der Waals surface area contributed by atoms with E-state index in [1.165, 1.54) is 0 Å². The zero-order valence-electron chi connectivity index (χ0n) is 16.0. The molecule has 2 aromatic heterocycles. The molecule has 1 saturated heterocycles. The molecule has 0 radical (unpaired) electrons. The predicted molar refractivity (Wildman–Crippen MR) is 99.9 cm³/mol. The molecule has 1 atom stereocenters. The number of imidazole rings is 1. The van der Waals surface area contributed by atoms with Crippen molar-refractivity contribution in [2.24, 2.45) is 0 Å². The molecular weight excluding hydrogens is 316 g/mol. The maximum atomic E-state index is 5.21. The zero-order chi connectivity index (χ0) is 18.0. The first kappa shape index (κ1) is 18.1. The highest BCUT2D eigenvalue weighted by atomic mass is 16.5. The lowest BCUT2D eigenvalue weighted by molar-refractivity contribution is 0.174. The van der Waals surface area contributed by atoms with E-state index >= 15 is 0 Å². The summed E-state index contributed by atoms with van der Waals surface area (Å²) < 4.78 is 7.36. The molecule has 0 saturated carbocycles. The molecule has 3 heterocycles. The van der Waals surface area contributed by atoms with Crippen molar-refractivity contribution in [2.45, 2.75) is 58.7 Å². The van der Waals surface area contributed by atoms with E-state index in [0.717, 1.165) is 55.3 Å². The van der Waals surface area contributed by atoms with Crippen LogP contribution in [0.25, 0.3) is 11.2 Å². The number of nitrogens with zero attached hydrogens (tertiary/aromatic N) is 5. The third-order valence-electron chi connectivity index (χ3n) is 4.93. The van der Waals surface area contributed by atoms with Gasteiger partial charge in [-0.2, -0.15) is 0 Å². The average molecular weight is 346 g/mol. The molecule has 0 aromatic carbocycles. The Balaban J connectivity index is 1.84. The van der Waals surface area contributed by atoms with Gasteiger partial charge in [0.15, 0.2) is 17.0 Å². The van der Waals surface area contributed by atoms with Gasteiger partial charge in [-0.3, -0.25) is 4.90 Å². The van der Waals surface area contributed by atoms with Crippen molar-refractivity contribution in [1.82, 2.24) is 24.4 Å². The summed E-state index contributed by atoms with van der Waals surface area (Å²) in [6.07, 6.45) is 3.53. The van der Waals surface area contributed by atoms with Gasteiger partial charge in [0.25, 0.3) is 0 Å². The molecule has 0 spiro atoms. The summed E-state index contributed by atoms with van der Waals surface area (Å²) >= 11 is 0. The number of aromatic nitrogens is 4. The number of rotatable bonds is 6. The summed E-state index contributed by atoms with van der Waals surface area (Å²) in [5, 5.41) is 3.61. The smallest absolute Gasteiger partial charge is 0.165 e. The number of methoxy groups -OCH3 is 1. The number of hydrogen-bond donors (Lipinski definition) is 1. The first-order chi connectivity index (χ1) is 11.9. The number of hydrogen-bond acceptors (Lipinski definition) is 6. The second-order valence-corrected chi connectivity index (χ2v) is 7.66. The molecule has 0 aliphatic carbocycles. The van der Waals surface area contributed by atoms with Gasteiger partial charge >= 0.3 is 0 Å². The fourth-order valence-electron chi connectivity index (χ4n) is 3.48. The minimum Gasteiger partial charge on any atom is -0.384 e. The highest BCUT2D eigenvalue weighted by Gasteiger charge is 2.30. The van der Waals surface area contributed by atoms with Crippen molar-refractivity contribution < 1.29 is 4.74 Å². The number of likely N-dealkylation sites (tertiary alicyclic amines) is 1. The molecule has 1 aliphatic rings. The fraction of sp³-hybridized carbons (Fsp3) is 0.722. The van der Waals surface area contributed by atoms with Crippen LogP contribution in [-0.2, 0) is 17.7 Å². The van der Waals surface area contributed by atoms with Crippen LogP contribution < -0.4 is 5.32 Å². The van der Waals surface area contributed by atoms with E-state index in [-0.39, 0.29) is 5.54 Å². The number of anilines is 1. The Labute approximate surface area is 149 Å². The summed E-state index contributed by atoms with van der Waals surface area (Å²) in [5.74, 6) is 1.85. The summed E-state index contributed by atoms with van der Waals surface area (Å²) in [5.41, 5.74) is 1.97. The van der Waals surface area contributed by atoms with Crippen molar-refractivity contribution in [1.29, 1.82) is 0 Å². The van der Waals surface area contributed by atoms with E-state index in [1.54, 1.807) is 13.4 Å². The van der Waals surface area contributed by atoms with Gasteiger partial charge in [-0.05, 0) is 34.1 Å². The van der Waals surface area contributed by atoms with Crippen LogP contribution in [0.15, 0.2) is 6.33 Å². The molecule has 0 amide bonds. The maximum Gasteiger partial charge on any atom is 0.165 e. The van der Waals surface area contributed by atoms with Gasteiger partial charge in [0.2, 0.25) is 0 Å². The quantitative estimate of drug-likeness (QED) is 0.866. The standard InChI is InChI=1S/C18H30N6O/c1-6-24-14(8-10-25-5)22-15-16(19-12-20-17(15)24)21-13-7-9-23(11-13)18(2,3)4/h12-13H,6-11H2,1-5H3,(H,19,20,21)/t13-/m0/s1. The van der Waals surface area contributed by atoms with E-state index in [9.17, 15) is 0 Å². The van der Waals surface area contributed by atoms with Crippen LogP contribution in [-0.4, -0.2) is 62.8 Å². The molecule has 1 fully saturated rings. The van der Waals surface area contributed by atoms with E-state index in [4.69, 9.17) is 9.72 Å². The Morgan fingerprint density at radius 3 is 2.76 bits per heavy atom. The molecule has 1 N–H and O–H groups in total. The van der Waals surface area contributed by atoms with Crippen molar-refractivity contribution in [3.63, 3.8) is 0 Å². The van der Waals surface area contributed by atoms with Crippen LogP contribution in [0.4, 0.5) is 5.82 Å². The van der Waals surface area contributed by atoms with Gasteiger partial charge in [0.05, 0.1) is 6.61 Å². The summed E-state index contributed by atoms with van der Waals surface area (Å²) in [7, 11) is 1.72. The van der Waals surface area contributed by atoms with Gasteiger partial charge in [-0.25, -0.2) is 15.0 Å². The SMILES string of the molecule is CCn1c(CCOC)nc2c(N[C@H]3CCN(C(C)(C)C)C3)ncnc21. The molecule has 7 nitrogen and oxygen atoms in total. The lowest BCUT2D eigenvalue weighted by atomic mass is 10.1. The molecular formula is C18H30N6O. The van der Waals surface area contributed by atoms with E-state index in [2.05, 4.69) is 52.4 Å². The van der Waals surface area contributed by atoms with Gasteiger partial charge in [-0.1, -0.05) is 0 Å². The maximum absolute atomic E-state index is 5.21. The summed E-state index contributed by atoms with van der Waals surface area (Å²) in [4.78, 5) is 16.3. The fourth-order valence-corrected chi connectivity index (χ4v) is 3.48. The van der Waals surface area contributed by atoms with Gasteiger partial charge in [0, 0.05) is 44.7 Å². The Morgan fingerprint density at radius 1 is 1.32 bits per heavy atom.